The highest BCUT2D eigenvalue weighted by Crippen LogP contribution is 2.74. The van der Waals surface area contributed by atoms with E-state index in [-0.39, 0.29) is 36.4 Å². The van der Waals surface area contributed by atoms with Gasteiger partial charge in [0.25, 0.3) is 20.1 Å². The molecule has 0 aromatic heterocycles. The highest BCUT2D eigenvalue weighted by Gasteiger charge is 2.67. The zero-order valence-electron chi connectivity index (χ0n) is 83.5. The lowest BCUT2D eigenvalue weighted by atomic mass is 9.32. The largest absolute Gasteiger partial charge is 0.311 e. The number of rotatable bonds is 9. The molecule has 696 valence electrons. The fourth-order valence-corrected chi connectivity index (χ4v) is 36.1. The van der Waals surface area contributed by atoms with Crippen LogP contribution in [0.15, 0.2) is 309 Å². The molecule has 12 aliphatic carbocycles. The number of hydrogen-bond acceptors (Lipinski definition) is 6. The molecule has 3 spiro atoms. The Morgan fingerprint density at radius 3 is 0.845 bits per heavy atom. The quantitative estimate of drug-likeness (QED) is 0.133. The van der Waals surface area contributed by atoms with Crippen molar-refractivity contribution in [3.63, 3.8) is 0 Å². The van der Waals surface area contributed by atoms with E-state index in [1.54, 1.807) is 33.4 Å². The standard InChI is InChI=1S/C45H43BN2.2C44H41BN2/c1-4-28-10-7-11-34(25-28)47-40-16-9-17-41-43(40)46(37-19-18-31(27(2)3)26-42(37)47)38-14-8-13-36-44(38)48(41)39-15-6-5-12-35(39)45(36)32-21-29-20-30(23-32)24-33(45)22-29;1-3-27-10-7-11-33(25-27)46-39-16-9-17-40-42(39)45(36-19-18-28(4-2)26-41(36)46)37-14-8-13-35-43(37)47(40)38-15-6-5-12-34(38)44(35)31-21-29-20-30(23-31)24-32(44)22-29;1-3-27-10-7-11-33(25-27)46-39-19-18-28(4-2)26-37(39)45-36-14-8-13-35-43(36)47(41-17-9-16-40(46)42(41)45)38-15-6-5-12-34(38)44(35)31-21-29-20-30(23-31)24-32(44)22-29/h5-19,25-27,29-30,32-33H,4,20-24H2,1-3H3;2*5-19,25-26,29-32H,3-4,20-24H2,1-2H3. The van der Waals surface area contributed by atoms with Crippen molar-refractivity contribution in [3.05, 3.63) is 376 Å². The average Bonchev–Trinajstić information content (AvgIpc) is 0.668. The predicted octanol–water partition coefficient (Wildman–Crippen LogP) is 27.4. The maximum atomic E-state index is 2.71. The first-order valence-electron chi connectivity index (χ1n) is 55.5. The van der Waals surface area contributed by atoms with Gasteiger partial charge < -0.3 is 29.4 Å². The van der Waals surface area contributed by atoms with Crippen LogP contribution in [0.2, 0.25) is 0 Å². The molecule has 36 rings (SSSR count). The SMILES string of the molecule is CCc1cccc(N2c3cc(C(C)C)ccc3B3c4cccc5c4N(c4ccccc4C54C5CC6CC(C5)CC4C6)c4cccc2c43)c1.CCc1cccc(N2c3cc(CC)ccc3B3c4cccc5c4N(c4ccccc4C54C5CC6CC(C5)CC4C6)c4cccc2c43)c1.CCc1cccc(N2c3ccc(CC)cc3B3c4cccc5c4N(c4ccccc4C54C5CC6CC(C5)CC4C6)c4cccc2c43)c1. The second kappa shape index (κ2) is 30.9. The summed E-state index contributed by atoms with van der Waals surface area (Å²) < 4.78 is 0. The summed E-state index contributed by atoms with van der Waals surface area (Å²) in [6.45, 7) is 16.6. The molecule has 9 aliphatic heterocycles. The van der Waals surface area contributed by atoms with Gasteiger partial charge in [-0.2, -0.15) is 0 Å². The molecule has 15 aromatic carbocycles. The normalized spacial score (nSPS) is 26.6. The first kappa shape index (κ1) is 83.9. The van der Waals surface area contributed by atoms with Crippen molar-refractivity contribution in [3.8, 4) is 0 Å². The van der Waals surface area contributed by atoms with E-state index in [9.17, 15) is 0 Å². The van der Waals surface area contributed by atoms with Crippen molar-refractivity contribution in [1.29, 1.82) is 0 Å². The van der Waals surface area contributed by atoms with Crippen LogP contribution in [0.5, 0.6) is 0 Å². The summed E-state index contributed by atoms with van der Waals surface area (Å²) in [4.78, 5) is 15.8. The third-order valence-electron chi connectivity index (χ3n) is 40.8. The van der Waals surface area contributed by atoms with Crippen LogP contribution in [0, 0.1) is 71.0 Å². The van der Waals surface area contributed by atoms with Crippen LogP contribution in [0.4, 0.5) is 102 Å². The summed E-state index contributed by atoms with van der Waals surface area (Å²) in [5.41, 5.74) is 56.2. The topological polar surface area (TPSA) is 19.4 Å². The van der Waals surface area contributed by atoms with E-state index in [0.717, 1.165) is 103 Å². The average molecular weight is 1840 g/mol. The van der Waals surface area contributed by atoms with Crippen LogP contribution >= 0.6 is 0 Å². The minimum Gasteiger partial charge on any atom is -0.311 e. The lowest BCUT2D eigenvalue weighted by molar-refractivity contribution is -0.0419. The number of benzene rings is 15. The van der Waals surface area contributed by atoms with Gasteiger partial charge >= 0.3 is 0 Å². The highest BCUT2D eigenvalue weighted by molar-refractivity contribution is 7.02. The van der Waals surface area contributed by atoms with Crippen LogP contribution in [-0.2, 0) is 48.3 Å². The molecule has 9 heteroatoms. The van der Waals surface area contributed by atoms with Gasteiger partial charge in [0.2, 0.25) is 0 Å². The van der Waals surface area contributed by atoms with Gasteiger partial charge in [-0.3, -0.25) is 0 Å². The number of hydrogen-bond donors (Lipinski definition) is 0. The lowest BCUT2D eigenvalue weighted by Gasteiger charge is -2.64. The third kappa shape index (κ3) is 11.1. The molecule has 0 saturated heterocycles. The molecule has 9 heterocycles. The number of anilines is 18. The molecule has 12 fully saturated rings. The monoisotopic (exact) mass is 1840 g/mol. The number of nitrogens with zero attached hydrogens (tertiary/aromatic N) is 6. The first-order valence-corrected chi connectivity index (χ1v) is 55.5. The summed E-state index contributed by atoms with van der Waals surface area (Å²) in [5.74, 6) is 10.5. The fraction of sp³-hybridized carbons (Fsp3) is 0.323. The van der Waals surface area contributed by atoms with Gasteiger partial charge in [0, 0.05) is 102 Å². The Labute approximate surface area is 841 Å². The minimum absolute atomic E-state index is 0.118. The van der Waals surface area contributed by atoms with E-state index < -0.39 is 0 Å². The summed E-state index contributed by atoms with van der Waals surface area (Å²) in [6, 6.07) is 122. The minimum atomic E-state index is 0.118. The second-order valence-electron chi connectivity index (χ2n) is 47.3. The van der Waals surface area contributed by atoms with Crippen LogP contribution < -0.4 is 78.6 Å². The van der Waals surface area contributed by atoms with Gasteiger partial charge in [0.05, 0.1) is 17.1 Å². The Kier molecular flexibility index (Phi) is 18.3. The number of aryl methyl sites for hydroxylation is 5. The fourth-order valence-electron chi connectivity index (χ4n) is 36.1. The zero-order valence-corrected chi connectivity index (χ0v) is 83.5. The highest BCUT2D eigenvalue weighted by atomic mass is 15.2. The first-order chi connectivity index (χ1) is 69.9. The third-order valence-corrected chi connectivity index (χ3v) is 40.8. The van der Waals surface area contributed by atoms with Crippen LogP contribution in [0.1, 0.15) is 217 Å². The van der Waals surface area contributed by atoms with Gasteiger partial charge in [-0.1, -0.05) is 249 Å². The molecule has 0 N–H and O–H groups in total. The van der Waals surface area contributed by atoms with Gasteiger partial charge in [-0.25, -0.2) is 0 Å². The Balaban J connectivity index is 0.0000000977. The van der Waals surface area contributed by atoms with Crippen LogP contribution in [0.3, 0.4) is 0 Å². The molecular weight excluding hydrogens is 1710 g/mol. The van der Waals surface area contributed by atoms with E-state index in [4.69, 9.17) is 0 Å². The van der Waals surface area contributed by atoms with Gasteiger partial charge in [-0.05, 0) is 430 Å². The molecule has 6 nitrogen and oxygen atoms in total. The smallest absolute Gasteiger partial charge is 0.252 e. The summed E-state index contributed by atoms with van der Waals surface area (Å²) >= 11 is 0. The van der Waals surface area contributed by atoms with Crippen LogP contribution in [-0.4, -0.2) is 20.1 Å². The summed E-state index contributed by atoms with van der Waals surface area (Å²) in [5, 5.41) is 0. The van der Waals surface area contributed by atoms with E-state index in [0.29, 0.717) is 5.92 Å². The van der Waals surface area contributed by atoms with Crippen molar-refractivity contribution in [2.75, 3.05) is 29.4 Å². The molecule has 0 unspecified atom stereocenters. The Bertz CT molecular complexity index is 7780. The maximum absolute atomic E-state index is 2.71. The van der Waals surface area contributed by atoms with Crippen molar-refractivity contribution in [2.24, 2.45) is 71.0 Å². The van der Waals surface area contributed by atoms with E-state index in [1.165, 1.54) is 281 Å². The molecule has 142 heavy (non-hydrogen) atoms. The molecule has 0 atom stereocenters. The molecule has 15 aromatic rings. The van der Waals surface area contributed by atoms with Crippen molar-refractivity contribution < 1.29 is 0 Å². The molecule has 12 bridgehead atoms. The Hall–Kier alpha value is -12.7. The Morgan fingerprint density at radius 2 is 0.493 bits per heavy atom. The second-order valence-corrected chi connectivity index (χ2v) is 47.3. The molecule has 0 radical (unpaired) electrons. The van der Waals surface area contributed by atoms with E-state index >= 15 is 0 Å². The van der Waals surface area contributed by atoms with E-state index in [2.05, 4.69) is 387 Å². The van der Waals surface area contributed by atoms with Crippen molar-refractivity contribution in [1.82, 2.24) is 0 Å². The summed E-state index contributed by atoms with van der Waals surface area (Å²) in [6.07, 6.45) is 26.5. The van der Waals surface area contributed by atoms with E-state index in [1.807, 2.05) is 0 Å². The molecule has 0 amide bonds. The van der Waals surface area contributed by atoms with Crippen molar-refractivity contribution >= 4 is 172 Å². The predicted molar refractivity (Wildman–Crippen MR) is 596 cm³/mol. The maximum Gasteiger partial charge on any atom is 0.252 e. The van der Waals surface area contributed by atoms with Crippen LogP contribution in [0.25, 0.3) is 0 Å². The van der Waals surface area contributed by atoms with Crippen molar-refractivity contribution in [2.45, 2.75) is 199 Å². The van der Waals surface area contributed by atoms with Gasteiger partial charge in [0.1, 0.15) is 0 Å². The lowest BCUT2D eigenvalue weighted by Crippen LogP contribution is -2.64. The number of para-hydroxylation sites is 6. The Morgan fingerprint density at radius 1 is 0.218 bits per heavy atom. The molecular formula is C133H125B3N6. The zero-order chi connectivity index (χ0) is 93.9. The molecule has 21 aliphatic rings. The number of fused-ring (bicyclic) bond motifs is 18. The molecule has 12 saturated carbocycles. The summed E-state index contributed by atoms with van der Waals surface area (Å²) in [7, 11) is 0. The van der Waals surface area contributed by atoms with Gasteiger partial charge in [-0.15, -0.1) is 0 Å². The van der Waals surface area contributed by atoms with Gasteiger partial charge in [0.15, 0.2) is 0 Å².